The molecule has 0 aliphatic rings. The Morgan fingerprint density at radius 1 is 1.07 bits per heavy atom. The molecule has 4 aromatic rings. The third-order valence-electron chi connectivity index (χ3n) is 4.17. The van der Waals surface area contributed by atoms with Crippen LogP contribution in [0.2, 0.25) is 5.02 Å². The zero-order valence-electron chi connectivity index (χ0n) is 14.6. The number of nitrogens with zero attached hydrogens (tertiary/aromatic N) is 3. The number of hydrogen-bond donors (Lipinski definition) is 0. The van der Waals surface area contributed by atoms with Crippen molar-refractivity contribution in [2.45, 2.75) is 6.92 Å². The molecule has 0 spiro atoms. The highest BCUT2D eigenvalue weighted by molar-refractivity contribution is 6.30. The number of benzene rings is 2. The zero-order valence-corrected chi connectivity index (χ0v) is 15.3. The van der Waals surface area contributed by atoms with Crippen LogP contribution in [0.25, 0.3) is 28.2 Å². The van der Waals surface area contributed by atoms with Gasteiger partial charge in [0.1, 0.15) is 5.56 Å². The summed E-state index contributed by atoms with van der Waals surface area (Å²) in [7, 11) is 0. The van der Waals surface area contributed by atoms with Crippen LogP contribution < -0.4 is 0 Å². The molecule has 2 aromatic heterocycles. The maximum atomic E-state index is 12.5. The maximum Gasteiger partial charge on any atom is 0.341 e. The summed E-state index contributed by atoms with van der Waals surface area (Å²) >= 11 is 5.98. The van der Waals surface area contributed by atoms with E-state index in [1.165, 1.54) is 0 Å². The van der Waals surface area contributed by atoms with E-state index in [9.17, 15) is 4.79 Å². The van der Waals surface area contributed by atoms with Crippen molar-refractivity contribution in [1.82, 2.24) is 14.6 Å². The summed E-state index contributed by atoms with van der Waals surface area (Å²) in [5.41, 5.74) is 4.20. The molecule has 2 aromatic carbocycles. The number of esters is 1. The first-order chi connectivity index (χ1) is 13.2. The number of aromatic nitrogens is 3. The van der Waals surface area contributed by atoms with Crippen LogP contribution >= 0.6 is 11.6 Å². The Balaban J connectivity index is 1.95. The molecule has 0 N–H and O–H groups in total. The fourth-order valence-corrected chi connectivity index (χ4v) is 3.05. The Morgan fingerprint density at radius 2 is 1.81 bits per heavy atom. The van der Waals surface area contributed by atoms with E-state index < -0.39 is 5.97 Å². The predicted molar refractivity (Wildman–Crippen MR) is 105 cm³/mol. The average molecular weight is 378 g/mol. The second kappa shape index (κ2) is 7.21. The summed E-state index contributed by atoms with van der Waals surface area (Å²) in [4.78, 5) is 16.9. The molecule has 0 fully saturated rings. The van der Waals surface area contributed by atoms with Crippen molar-refractivity contribution in [1.29, 1.82) is 0 Å². The van der Waals surface area contributed by atoms with Crippen molar-refractivity contribution in [2.24, 2.45) is 0 Å². The minimum absolute atomic E-state index is 0.292. The van der Waals surface area contributed by atoms with Crippen LogP contribution in [0.3, 0.4) is 0 Å². The number of fused-ring (bicyclic) bond motifs is 1. The Kier molecular flexibility index (Phi) is 4.60. The van der Waals surface area contributed by atoms with E-state index in [0.717, 1.165) is 16.8 Å². The van der Waals surface area contributed by atoms with Gasteiger partial charge in [0.2, 0.25) is 0 Å². The third kappa shape index (κ3) is 3.29. The molecule has 0 aliphatic carbocycles. The molecule has 0 unspecified atom stereocenters. The highest BCUT2D eigenvalue weighted by Crippen LogP contribution is 2.28. The molecule has 4 rings (SSSR count). The SMILES string of the molecule is CCOC(=O)c1cnc2cc(-c3ccc(Cl)cc3)nn2c1-c1ccccc1. The average Bonchev–Trinajstić information content (AvgIpc) is 3.13. The Bertz CT molecular complexity index is 1110. The molecule has 0 bridgehead atoms. The standard InChI is InChI=1S/C21H16ClN3O2/c1-2-27-21(26)17-13-23-19-12-18(14-8-10-16(22)11-9-14)24-25(19)20(17)15-6-4-3-5-7-15/h3-13H,2H2,1H3. The van der Waals surface area contributed by atoms with Crippen molar-refractivity contribution in [3.8, 4) is 22.5 Å². The van der Waals surface area contributed by atoms with Crippen LogP contribution in [0.4, 0.5) is 0 Å². The number of carbonyl (C=O) groups excluding carboxylic acids is 1. The van der Waals surface area contributed by atoms with E-state index >= 15 is 0 Å². The van der Waals surface area contributed by atoms with Gasteiger partial charge >= 0.3 is 5.97 Å². The van der Waals surface area contributed by atoms with E-state index in [0.29, 0.717) is 28.5 Å². The van der Waals surface area contributed by atoms with Crippen molar-refractivity contribution >= 4 is 23.2 Å². The van der Waals surface area contributed by atoms with E-state index in [-0.39, 0.29) is 0 Å². The Hall–Kier alpha value is -3.18. The highest BCUT2D eigenvalue weighted by Gasteiger charge is 2.20. The van der Waals surface area contributed by atoms with Crippen molar-refractivity contribution in [3.05, 3.63) is 77.4 Å². The number of rotatable bonds is 4. The molecule has 0 radical (unpaired) electrons. The van der Waals surface area contributed by atoms with Gasteiger partial charge < -0.3 is 4.74 Å². The second-order valence-electron chi connectivity index (χ2n) is 5.91. The van der Waals surface area contributed by atoms with Gasteiger partial charge in [-0.3, -0.25) is 0 Å². The van der Waals surface area contributed by atoms with Gasteiger partial charge in [-0.05, 0) is 19.1 Å². The van der Waals surface area contributed by atoms with E-state index in [1.54, 1.807) is 17.6 Å². The monoisotopic (exact) mass is 377 g/mol. The lowest BCUT2D eigenvalue weighted by molar-refractivity contribution is 0.0526. The van der Waals surface area contributed by atoms with E-state index in [4.69, 9.17) is 21.4 Å². The van der Waals surface area contributed by atoms with Crippen molar-refractivity contribution < 1.29 is 9.53 Å². The van der Waals surface area contributed by atoms with Gasteiger partial charge in [-0.15, -0.1) is 0 Å². The Labute approximate surface area is 161 Å². The first-order valence-electron chi connectivity index (χ1n) is 8.54. The molecule has 134 valence electrons. The second-order valence-corrected chi connectivity index (χ2v) is 6.35. The molecule has 6 heteroatoms. The van der Waals surface area contributed by atoms with E-state index in [1.807, 2.05) is 60.7 Å². The molecule has 0 atom stereocenters. The zero-order chi connectivity index (χ0) is 18.8. The lowest BCUT2D eigenvalue weighted by Crippen LogP contribution is -2.11. The third-order valence-corrected chi connectivity index (χ3v) is 4.42. The minimum atomic E-state index is -0.422. The van der Waals surface area contributed by atoms with Crippen molar-refractivity contribution in [3.63, 3.8) is 0 Å². The Morgan fingerprint density at radius 3 is 2.52 bits per heavy atom. The summed E-state index contributed by atoms with van der Waals surface area (Å²) in [6.45, 7) is 2.07. The molecule has 2 heterocycles. The molecule has 5 nitrogen and oxygen atoms in total. The lowest BCUT2D eigenvalue weighted by atomic mass is 10.1. The van der Waals surface area contributed by atoms with Crippen LogP contribution in [-0.4, -0.2) is 27.2 Å². The van der Waals surface area contributed by atoms with Crippen LogP contribution in [0.1, 0.15) is 17.3 Å². The van der Waals surface area contributed by atoms with Gasteiger partial charge in [0.15, 0.2) is 5.65 Å². The number of halogens is 1. The number of hydrogen-bond acceptors (Lipinski definition) is 4. The molecule has 0 aliphatic heterocycles. The maximum absolute atomic E-state index is 12.5. The van der Waals surface area contributed by atoms with E-state index in [2.05, 4.69) is 4.98 Å². The number of ether oxygens (including phenoxy) is 1. The van der Waals surface area contributed by atoms with Crippen LogP contribution in [0, 0.1) is 0 Å². The quantitative estimate of drug-likeness (QED) is 0.475. The summed E-state index contributed by atoms with van der Waals surface area (Å²) in [6.07, 6.45) is 1.54. The fourth-order valence-electron chi connectivity index (χ4n) is 2.93. The van der Waals surface area contributed by atoms with Gasteiger partial charge in [-0.1, -0.05) is 54.1 Å². The number of carbonyl (C=O) groups is 1. The van der Waals surface area contributed by atoms with Gasteiger partial charge in [0.25, 0.3) is 0 Å². The van der Waals surface area contributed by atoms with Gasteiger partial charge in [-0.2, -0.15) is 5.10 Å². The summed E-state index contributed by atoms with van der Waals surface area (Å²) in [6, 6.07) is 18.9. The van der Waals surface area contributed by atoms with Crippen LogP contribution in [0.5, 0.6) is 0 Å². The van der Waals surface area contributed by atoms with Crippen LogP contribution in [-0.2, 0) is 4.74 Å². The summed E-state index contributed by atoms with van der Waals surface area (Å²) in [5.74, 6) is -0.422. The predicted octanol–water partition coefficient (Wildman–Crippen LogP) is 4.89. The summed E-state index contributed by atoms with van der Waals surface area (Å²) in [5, 5.41) is 5.36. The largest absolute Gasteiger partial charge is 0.462 e. The lowest BCUT2D eigenvalue weighted by Gasteiger charge is -2.10. The van der Waals surface area contributed by atoms with Gasteiger partial charge in [0, 0.05) is 28.4 Å². The normalized spacial score (nSPS) is 10.9. The molecule has 27 heavy (non-hydrogen) atoms. The first-order valence-corrected chi connectivity index (χ1v) is 8.92. The van der Waals surface area contributed by atoms with Crippen molar-refractivity contribution in [2.75, 3.05) is 6.61 Å². The summed E-state index contributed by atoms with van der Waals surface area (Å²) < 4.78 is 6.89. The first kappa shape index (κ1) is 17.2. The molecule has 0 saturated carbocycles. The fraction of sp³-hybridized carbons (Fsp3) is 0.0952. The molecule has 0 amide bonds. The van der Waals surface area contributed by atoms with Gasteiger partial charge in [0.05, 0.1) is 18.0 Å². The minimum Gasteiger partial charge on any atom is -0.462 e. The highest BCUT2D eigenvalue weighted by atomic mass is 35.5. The van der Waals surface area contributed by atoms with Crippen LogP contribution in [0.15, 0.2) is 66.9 Å². The molecular weight excluding hydrogens is 362 g/mol. The molecular formula is C21H16ClN3O2. The topological polar surface area (TPSA) is 56.5 Å². The molecule has 0 saturated heterocycles. The van der Waals surface area contributed by atoms with Gasteiger partial charge in [-0.25, -0.2) is 14.3 Å². The smallest absolute Gasteiger partial charge is 0.341 e.